The predicted molar refractivity (Wildman–Crippen MR) is 138 cm³/mol. The summed E-state index contributed by atoms with van der Waals surface area (Å²) in [7, 11) is 0. The zero-order chi connectivity index (χ0) is 25.1. The van der Waals surface area contributed by atoms with Gasteiger partial charge < -0.3 is 20.3 Å². The number of aromatic nitrogens is 4. The smallest absolute Gasteiger partial charge is 0.277 e. The van der Waals surface area contributed by atoms with Gasteiger partial charge in [-0.25, -0.2) is 25.4 Å². The molecule has 0 unspecified atom stereocenters. The number of benzene rings is 1. The quantitative estimate of drug-likeness (QED) is 0.194. The topological polar surface area (TPSA) is 143 Å². The second-order valence-electron chi connectivity index (χ2n) is 8.25. The molecule has 0 atom stereocenters. The van der Waals surface area contributed by atoms with Gasteiger partial charge in [0.1, 0.15) is 0 Å². The van der Waals surface area contributed by atoms with Crippen molar-refractivity contribution in [1.29, 1.82) is 0 Å². The Kier molecular flexibility index (Phi) is 6.89. The molecule has 5 rings (SSSR count). The van der Waals surface area contributed by atoms with E-state index in [4.69, 9.17) is 25.6 Å². The van der Waals surface area contributed by atoms with Crippen molar-refractivity contribution in [1.82, 2.24) is 25.4 Å². The highest BCUT2D eigenvalue weighted by molar-refractivity contribution is 7.19. The Morgan fingerprint density at radius 2 is 1.92 bits per heavy atom. The summed E-state index contributed by atoms with van der Waals surface area (Å²) in [6.45, 7) is 6.11. The highest BCUT2D eigenvalue weighted by atomic mass is 32.1. The van der Waals surface area contributed by atoms with E-state index in [9.17, 15) is 4.79 Å². The van der Waals surface area contributed by atoms with Crippen molar-refractivity contribution in [3.8, 4) is 11.4 Å². The summed E-state index contributed by atoms with van der Waals surface area (Å²) < 4.78 is 6.58. The molecular weight excluding hydrogens is 480 g/mol. The number of thiophene rings is 1. The normalized spacial score (nSPS) is 13.7. The number of carbonyl (C=O) groups excluding carboxylic acids is 1. The van der Waals surface area contributed by atoms with Gasteiger partial charge in [-0.3, -0.25) is 10.0 Å². The molecule has 1 fully saturated rings. The standard InChI is InChI=1S/C24H26N8O3S/c1-2-31(24-26-12-16(13-27-24)23(33)30-34)14-18-11-19-20(36-18)22(32-7-9-35-10-8-32)29-21(28-19)15-3-5-17(25)6-4-15/h3-6,11-13,34H,2,7-10,14,25H2,1H3,(H,30,33). The van der Waals surface area contributed by atoms with E-state index < -0.39 is 5.91 Å². The SMILES string of the molecule is CCN(Cc1cc2nc(-c3ccc(N)cc3)nc(N3CCOCC3)c2s1)c1ncc(C(=O)NO)cn1. The van der Waals surface area contributed by atoms with Gasteiger partial charge in [-0.05, 0) is 37.3 Å². The zero-order valence-corrected chi connectivity index (χ0v) is 20.5. The molecule has 0 saturated carbocycles. The van der Waals surface area contributed by atoms with E-state index in [1.54, 1.807) is 16.8 Å². The number of ether oxygens (including phenoxy) is 1. The van der Waals surface area contributed by atoms with Gasteiger partial charge >= 0.3 is 0 Å². The lowest BCUT2D eigenvalue weighted by atomic mass is 10.2. The molecule has 11 nitrogen and oxygen atoms in total. The van der Waals surface area contributed by atoms with Crippen molar-refractivity contribution < 1.29 is 14.7 Å². The number of hydrogen-bond acceptors (Lipinski definition) is 11. The third-order valence-corrected chi connectivity index (χ3v) is 7.00. The highest BCUT2D eigenvalue weighted by Crippen LogP contribution is 2.35. The number of nitrogens with zero attached hydrogens (tertiary/aromatic N) is 6. The first-order valence-electron chi connectivity index (χ1n) is 11.6. The van der Waals surface area contributed by atoms with Gasteiger partial charge in [0.15, 0.2) is 11.6 Å². The van der Waals surface area contributed by atoms with Crippen molar-refractivity contribution in [2.75, 3.05) is 48.4 Å². The summed E-state index contributed by atoms with van der Waals surface area (Å²) >= 11 is 1.65. The van der Waals surface area contributed by atoms with Crippen LogP contribution in [0.5, 0.6) is 0 Å². The Labute approximate surface area is 211 Å². The predicted octanol–water partition coefficient (Wildman–Crippen LogP) is 2.71. The average Bonchev–Trinajstić information content (AvgIpc) is 3.34. The number of nitrogens with one attached hydrogen (secondary N) is 1. The maximum Gasteiger partial charge on any atom is 0.277 e. The lowest BCUT2D eigenvalue weighted by Gasteiger charge is -2.28. The van der Waals surface area contributed by atoms with Crippen molar-refractivity contribution in [2.24, 2.45) is 0 Å². The van der Waals surface area contributed by atoms with Crippen molar-refractivity contribution in [3.05, 3.63) is 53.2 Å². The van der Waals surface area contributed by atoms with Crippen LogP contribution < -0.4 is 21.0 Å². The second kappa shape index (κ2) is 10.4. The van der Waals surface area contributed by atoms with Crippen molar-refractivity contribution in [2.45, 2.75) is 13.5 Å². The zero-order valence-electron chi connectivity index (χ0n) is 19.7. The summed E-state index contributed by atoms with van der Waals surface area (Å²) in [5.74, 6) is 1.40. The molecule has 1 saturated heterocycles. The van der Waals surface area contributed by atoms with Crippen molar-refractivity contribution >= 4 is 44.9 Å². The molecule has 1 amide bonds. The monoisotopic (exact) mass is 506 g/mol. The molecule has 12 heteroatoms. The molecule has 186 valence electrons. The van der Waals surface area contributed by atoms with Gasteiger partial charge in [0.05, 0.1) is 35.5 Å². The summed E-state index contributed by atoms with van der Waals surface area (Å²) in [5, 5.41) is 8.81. The largest absolute Gasteiger partial charge is 0.399 e. The van der Waals surface area contributed by atoms with Crippen LogP contribution in [0.25, 0.3) is 21.6 Å². The number of hydroxylamine groups is 1. The molecule has 4 heterocycles. The van der Waals surface area contributed by atoms with E-state index in [1.165, 1.54) is 12.4 Å². The van der Waals surface area contributed by atoms with Gasteiger partial charge in [0, 0.05) is 48.2 Å². The Morgan fingerprint density at radius 3 is 2.58 bits per heavy atom. The maximum atomic E-state index is 11.6. The van der Waals surface area contributed by atoms with Crippen LogP contribution in [0.3, 0.4) is 0 Å². The summed E-state index contributed by atoms with van der Waals surface area (Å²) in [4.78, 5) is 35.4. The van der Waals surface area contributed by atoms with Gasteiger partial charge in [-0.2, -0.15) is 0 Å². The summed E-state index contributed by atoms with van der Waals surface area (Å²) in [5.41, 5.74) is 10.1. The van der Waals surface area contributed by atoms with E-state index in [2.05, 4.69) is 20.9 Å². The number of rotatable bonds is 7. The Hall–Kier alpha value is -3.87. The van der Waals surface area contributed by atoms with E-state index in [0.717, 1.165) is 39.6 Å². The molecule has 36 heavy (non-hydrogen) atoms. The van der Waals surface area contributed by atoms with Crippen LogP contribution in [0.4, 0.5) is 17.5 Å². The summed E-state index contributed by atoms with van der Waals surface area (Å²) in [6.07, 6.45) is 2.78. The lowest BCUT2D eigenvalue weighted by Crippen LogP contribution is -2.36. The molecule has 1 aliphatic heterocycles. The number of fused-ring (bicyclic) bond motifs is 1. The molecule has 0 spiro atoms. The maximum absolute atomic E-state index is 11.6. The minimum absolute atomic E-state index is 0.180. The first-order valence-corrected chi connectivity index (χ1v) is 12.4. The van der Waals surface area contributed by atoms with Crippen LogP contribution in [0.2, 0.25) is 0 Å². The first-order chi connectivity index (χ1) is 17.6. The molecule has 4 aromatic rings. The first kappa shape index (κ1) is 23.9. The van der Waals surface area contributed by atoms with E-state index in [0.29, 0.717) is 43.8 Å². The van der Waals surface area contributed by atoms with Crippen LogP contribution in [0, 0.1) is 0 Å². The number of carbonyl (C=O) groups is 1. The summed E-state index contributed by atoms with van der Waals surface area (Å²) in [6, 6.07) is 9.66. The number of nitrogen functional groups attached to an aromatic ring is 1. The Balaban J connectivity index is 1.49. The second-order valence-corrected chi connectivity index (χ2v) is 9.38. The number of nitrogens with two attached hydrogens (primary N) is 1. The van der Waals surface area contributed by atoms with Gasteiger partial charge in [-0.15, -0.1) is 11.3 Å². The Bertz CT molecular complexity index is 1350. The number of morpholine rings is 1. The molecule has 0 bridgehead atoms. The van der Waals surface area contributed by atoms with Crippen LogP contribution in [-0.2, 0) is 11.3 Å². The van der Waals surface area contributed by atoms with Crippen LogP contribution in [0.1, 0.15) is 22.2 Å². The molecule has 0 radical (unpaired) electrons. The molecule has 4 N–H and O–H groups in total. The molecule has 0 aliphatic carbocycles. The van der Waals surface area contributed by atoms with E-state index in [1.807, 2.05) is 36.1 Å². The molecular formula is C24H26N8O3S. The fraction of sp³-hybridized carbons (Fsp3) is 0.292. The van der Waals surface area contributed by atoms with Gasteiger partial charge in [-0.1, -0.05) is 0 Å². The van der Waals surface area contributed by atoms with Gasteiger partial charge in [0.25, 0.3) is 5.91 Å². The minimum Gasteiger partial charge on any atom is -0.399 e. The third-order valence-electron chi connectivity index (χ3n) is 5.90. The number of hydrogen-bond donors (Lipinski definition) is 3. The minimum atomic E-state index is -0.653. The lowest BCUT2D eigenvalue weighted by molar-refractivity contribution is 0.0705. The van der Waals surface area contributed by atoms with Crippen molar-refractivity contribution in [3.63, 3.8) is 0 Å². The number of amides is 1. The van der Waals surface area contributed by atoms with Crippen LogP contribution in [0.15, 0.2) is 42.7 Å². The average molecular weight is 507 g/mol. The molecule has 1 aliphatic rings. The fourth-order valence-electron chi connectivity index (χ4n) is 3.97. The Morgan fingerprint density at radius 1 is 1.19 bits per heavy atom. The van der Waals surface area contributed by atoms with Crippen LogP contribution >= 0.6 is 11.3 Å². The molecule has 3 aromatic heterocycles. The fourth-order valence-corrected chi connectivity index (χ4v) is 5.10. The van der Waals surface area contributed by atoms with E-state index in [-0.39, 0.29) is 5.56 Å². The molecule has 1 aromatic carbocycles. The number of anilines is 3. The van der Waals surface area contributed by atoms with E-state index >= 15 is 0 Å². The highest BCUT2D eigenvalue weighted by Gasteiger charge is 2.21. The van der Waals surface area contributed by atoms with Crippen LogP contribution in [-0.4, -0.2) is 63.9 Å². The van der Waals surface area contributed by atoms with Gasteiger partial charge in [0.2, 0.25) is 5.95 Å². The third kappa shape index (κ3) is 4.91.